The van der Waals surface area contributed by atoms with Gasteiger partial charge in [0, 0.05) is 19.5 Å². The second-order valence-electron chi connectivity index (χ2n) is 13.4. The van der Waals surface area contributed by atoms with E-state index in [-0.39, 0.29) is 57.0 Å². The number of nitrogens with zero attached hydrogens (tertiary/aromatic N) is 1. The van der Waals surface area contributed by atoms with Gasteiger partial charge in [-0.15, -0.1) is 0 Å². The van der Waals surface area contributed by atoms with Crippen LogP contribution in [0.3, 0.4) is 0 Å². The summed E-state index contributed by atoms with van der Waals surface area (Å²) >= 11 is 0. The highest BCUT2D eigenvalue weighted by Gasteiger charge is 2.40. The standard InChI is InChI=1S/C36H53N7O6/c1-24(2)21-29(32(45)40-28(15-9-10-18-37)34(47)43-19-16-36(39,17-20-43)35(48)49)42-33(46)30(23-26-13-7-4-8-14-26)41-31(44)27(38)22-25-11-5-3-6-12-25/h3-8,11-14,24,27-30H,9-10,15-23,37-39H2,1-2H3,(H,40,45)(H,41,44)(H,42,46)(H,48,49)/t27-,28-,29-,30-/m1/s1. The molecule has 0 aliphatic carbocycles. The average molecular weight is 680 g/mol. The molecule has 49 heavy (non-hydrogen) atoms. The largest absolute Gasteiger partial charge is 0.480 e. The molecule has 10 N–H and O–H groups in total. The Morgan fingerprint density at radius 3 is 1.82 bits per heavy atom. The van der Waals surface area contributed by atoms with Crippen molar-refractivity contribution in [3.05, 3.63) is 71.8 Å². The van der Waals surface area contributed by atoms with Crippen molar-refractivity contribution in [2.45, 2.75) is 94.9 Å². The lowest BCUT2D eigenvalue weighted by Crippen LogP contribution is -2.60. The topological polar surface area (TPSA) is 223 Å². The molecule has 0 radical (unpaired) electrons. The number of carbonyl (C=O) groups is 5. The van der Waals surface area contributed by atoms with E-state index < -0.39 is 53.4 Å². The van der Waals surface area contributed by atoms with Crippen molar-refractivity contribution >= 4 is 29.6 Å². The number of amides is 4. The molecule has 1 fully saturated rings. The summed E-state index contributed by atoms with van der Waals surface area (Å²) in [6.45, 7) is 4.53. The van der Waals surface area contributed by atoms with E-state index in [1.807, 2.05) is 74.5 Å². The molecule has 2 aromatic rings. The SMILES string of the molecule is CC(C)C[C@@H](NC(=O)[C@@H](Cc1ccccc1)NC(=O)[C@H](N)Cc1ccccc1)C(=O)N[C@H](CCCCN)C(=O)N1CCC(N)(C(=O)O)CC1. The van der Waals surface area contributed by atoms with E-state index >= 15 is 0 Å². The fraction of sp³-hybridized carbons (Fsp3) is 0.528. The first kappa shape index (κ1) is 39.1. The normalized spacial score (nSPS) is 16.6. The van der Waals surface area contributed by atoms with Crippen molar-refractivity contribution in [2.75, 3.05) is 19.6 Å². The Kier molecular flexibility index (Phi) is 15.2. The van der Waals surface area contributed by atoms with Gasteiger partial charge in [0.05, 0.1) is 6.04 Å². The van der Waals surface area contributed by atoms with Gasteiger partial charge in [0.2, 0.25) is 23.6 Å². The van der Waals surface area contributed by atoms with Crippen molar-refractivity contribution in [2.24, 2.45) is 23.1 Å². The van der Waals surface area contributed by atoms with Crippen molar-refractivity contribution < 1.29 is 29.1 Å². The van der Waals surface area contributed by atoms with E-state index in [0.717, 1.165) is 11.1 Å². The first-order valence-corrected chi connectivity index (χ1v) is 17.1. The number of piperidine rings is 1. The predicted molar refractivity (Wildman–Crippen MR) is 187 cm³/mol. The molecule has 2 aromatic carbocycles. The Bertz CT molecular complexity index is 1380. The third-order valence-corrected chi connectivity index (χ3v) is 8.85. The van der Waals surface area contributed by atoms with Gasteiger partial charge in [0.15, 0.2) is 0 Å². The molecule has 1 heterocycles. The second-order valence-corrected chi connectivity index (χ2v) is 13.4. The van der Waals surface area contributed by atoms with E-state index in [0.29, 0.717) is 25.8 Å². The number of carbonyl (C=O) groups excluding carboxylic acids is 4. The summed E-state index contributed by atoms with van der Waals surface area (Å²) in [5.74, 6) is -3.04. The molecule has 0 unspecified atom stereocenters. The van der Waals surface area contributed by atoms with Crippen LogP contribution < -0.4 is 33.2 Å². The van der Waals surface area contributed by atoms with Gasteiger partial charge < -0.3 is 43.2 Å². The van der Waals surface area contributed by atoms with Crippen LogP contribution >= 0.6 is 0 Å². The van der Waals surface area contributed by atoms with Crippen molar-refractivity contribution in [1.29, 1.82) is 0 Å². The highest BCUT2D eigenvalue weighted by molar-refractivity contribution is 5.95. The number of nitrogens with two attached hydrogens (primary N) is 3. The van der Waals surface area contributed by atoms with Crippen LogP contribution in [-0.4, -0.2) is 88.9 Å². The molecule has 0 aromatic heterocycles. The van der Waals surface area contributed by atoms with Crippen LogP contribution in [0, 0.1) is 5.92 Å². The van der Waals surface area contributed by atoms with E-state index in [9.17, 15) is 29.1 Å². The van der Waals surface area contributed by atoms with Gasteiger partial charge in [-0.1, -0.05) is 74.5 Å². The zero-order chi connectivity index (χ0) is 36.0. The quantitative estimate of drug-likeness (QED) is 0.111. The Hall–Kier alpha value is -4.33. The Labute approximate surface area is 288 Å². The highest BCUT2D eigenvalue weighted by Crippen LogP contribution is 2.21. The van der Waals surface area contributed by atoms with E-state index in [1.165, 1.54) is 4.90 Å². The van der Waals surface area contributed by atoms with Gasteiger partial charge in [-0.3, -0.25) is 24.0 Å². The minimum atomic E-state index is -1.40. The third-order valence-electron chi connectivity index (χ3n) is 8.85. The molecule has 0 spiro atoms. The van der Waals surface area contributed by atoms with Crippen LogP contribution in [0.5, 0.6) is 0 Å². The van der Waals surface area contributed by atoms with Crippen LogP contribution in [0.25, 0.3) is 0 Å². The zero-order valence-electron chi connectivity index (χ0n) is 28.6. The molecule has 1 aliphatic heterocycles. The molecule has 4 amide bonds. The first-order chi connectivity index (χ1) is 23.3. The van der Waals surface area contributed by atoms with Gasteiger partial charge in [0.1, 0.15) is 23.7 Å². The van der Waals surface area contributed by atoms with Gasteiger partial charge in [-0.2, -0.15) is 0 Å². The molecule has 13 nitrogen and oxygen atoms in total. The predicted octanol–water partition coefficient (Wildman–Crippen LogP) is 0.833. The molecule has 13 heteroatoms. The summed E-state index contributed by atoms with van der Waals surface area (Å²) in [4.78, 5) is 67.7. The molecular formula is C36H53N7O6. The van der Waals surface area contributed by atoms with Crippen molar-refractivity contribution in [1.82, 2.24) is 20.9 Å². The molecule has 1 aliphatic rings. The summed E-state index contributed by atoms with van der Waals surface area (Å²) in [6.07, 6.45) is 2.44. The minimum absolute atomic E-state index is 0.000286. The monoisotopic (exact) mass is 679 g/mol. The summed E-state index contributed by atoms with van der Waals surface area (Å²) in [6, 6.07) is 14.7. The summed E-state index contributed by atoms with van der Waals surface area (Å²) in [7, 11) is 0. The first-order valence-electron chi connectivity index (χ1n) is 17.1. The Morgan fingerprint density at radius 1 is 0.776 bits per heavy atom. The number of likely N-dealkylation sites (tertiary alicyclic amines) is 1. The average Bonchev–Trinajstić information content (AvgIpc) is 3.07. The number of aliphatic carboxylic acids is 1. The van der Waals surface area contributed by atoms with Crippen molar-refractivity contribution in [3.63, 3.8) is 0 Å². The minimum Gasteiger partial charge on any atom is -0.480 e. The molecule has 0 saturated carbocycles. The maximum atomic E-state index is 13.9. The fourth-order valence-electron chi connectivity index (χ4n) is 5.86. The molecule has 3 rings (SSSR count). The number of carboxylic acid groups (broad SMARTS) is 1. The lowest BCUT2D eigenvalue weighted by Gasteiger charge is -2.38. The van der Waals surface area contributed by atoms with Crippen LogP contribution in [0.2, 0.25) is 0 Å². The number of unbranched alkanes of at least 4 members (excludes halogenated alkanes) is 1. The molecular weight excluding hydrogens is 626 g/mol. The summed E-state index contributed by atoms with van der Waals surface area (Å²) < 4.78 is 0. The zero-order valence-corrected chi connectivity index (χ0v) is 28.6. The van der Waals surface area contributed by atoms with Crippen LogP contribution in [-0.2, 0) is 36.8 Å². The number of rotatable bonds is 18. The Balaban J connectivity index is 1.77. The van der Waals surface area contributed by atoms with Gasteiger partial charge in [0.25, 0.3) is 0 Å². The smallest absolute Gasteiger partial charge is 0.323 e. The van der Waals surface area contributed by atoms with Crippen LogP contribution in [0.1, 0.15) is 63.5 Å². The maximum absolute atomic E-state index is 13.9. The number of nitrogens with one attached hydrogen (secondary N) is 3. The number of carboxylic acids is 1. The lowest BCUT2D eigenvalue weighted by molar-refractivity contribution is -0.148. The number of hydrogen-bond acceptors (Lipinski definition) is 8. The maximum Gasteiger partial charge on any atom is 0.323 e. The third kappa shape index (κ3) is 12.3. The molecule has 268 valence electrons. The van der Waals surface area contributed by atoms with E-state index in [1.54, 1.807) is 0 Å². The summed E-state index contributed by atoms with van der Waals surface area (Å²) in [5, 5.41) is 18.0. The highest BCUT2D eigenvalue weighted by atomic mass is 16.4. The summed E-state index contributed by atoms with van der Waals surface area (Å²) in [5.41, 5.74) is 18.2. The van der Waals surface area contributed by atoms with Gasteiger partial charge in [-0.05, 0) is 68.5 Å². The Morgan fingerprint density at radius 2 is 1.29 bits per heavy atom. The molecule has 0 bridgehead atoms. The van der Waals surface area contributed by atoms with E-state index in [2.05, 4.69) is 16.0 Å². The van der Waals surface area contributed by atoms with Crippen LogP contribution in [0.4, 0.5) is 0 Å². The van der Waals surface area contributed by atoms with Crippen molar-refractivity contribution in [3.8, 4) is 0 Å². The second kappa shape index (κ2) is 19.0. The fourth-order valence-corrected chi connectivity index (χ4v) is 5.86. The molecule has 4 atom stereocenters. The molecule has 1 saturated heterocycles. The lowest BCUT2D eigenvalue weighted by atomic mass is 9.88. The number of benzene rings is 2. The number of hydrogen-bond donors (Lipinski definition) is 7. The van der Waals surface area contributed by atoms with Crippen LogP contribution in [0.15, 0.2) is 60.7 Å². The van der Waals surface area contributed by atoms with Gasteiger partial charge >= 0.3 is 5.97 Å². The van der Waals surface area contributed by atoms with Gasteiger partial charge in [-0.25, -0.2) is 0 Å². The van der Waals surface area contributed by atoms with E-state index in [4.69, 9.17) is 17.2 Å².